The van der Waals surface area contributed by atoms with E-state index in [1.165, 1.54) is 6.07 Å². The van der Waals surface area contributed by atoms with Gasteiger partial charge >= 0.3 is 0 Å². The summed E-state index contributed by atoms with van der Waals surface area (Å²) in [5, 5.41) is 7.07. The third-order valence-electron chi connectivity index (χ3n) is 2.99. The van der Waals surface area contributed by atoms with E-state index in [0.29, 0.717) is 12.2 Å². The van der Waals surface area contributed by atoms with Crippen molar-refractivity contribution in [3.63, 3.8) is 0 Å². The van der Waals surface area contributed by atoms with Crippen LogP contribution < -0.4 is 0 Å². The second kappa shape index (κ2) is 5.61. The van der Waals surface area contributed by atoms with Crippen LogP contribution >= 0.6 is 0 Å². The number of benzene rings is 1. The van der Waals surface area contributed by atoms with Gasteiger partial charge in [0.15, 0.2) is 5.82 Å². The van der Waals surface area contributed by atoms with Gasteiger partial charge in [-0.2, -0.15) is 5.10 Å². The van der Waals surface area contributed by atoms with E-state index in [0.717, 1.165) is 23.4 Å². The summed E-state index contributed by atoms with van der Waals surface area (Å²) in [7, 11) is 0. The first kappa shape index (κ1) is 12.5. The molecular formula is C15H13FN4. The van der Waals surface area contributed by atoms with Gasteiger partial charge in [0, 0.05) is 24.4 Å². The molecule has 0 bridgehead atoms. The Bertz CT molecular complexity index is 694. The van der Waals surface area contributed by atoms with E-state index in [1.54, 1.807) is 24.5 Å². The van der Waals surface area contributed by atoms with E-state index in [2.05, 4.69) is 20.2 Å². The number of aryl methyl sites for hydroxylation is 2. The first-order valence-corrected chi connectivity index (χ1v) is 6.37. The number of halogens is 1. The minimum absolute atomic E-state index is 0.212. The lowest BCUT2D eigenvalue weighted by molar-refractivity contribution is 0.625. The molecule has 1 N–H and O–H groups in total. The lowest BCUT2D eigenvalue weighted by atomic mass is 10.1. The van der Waals surface area contributed by atoms with E-state index >= 15 is 0 Å². The van der Waals surface area contributed by atoms with Crippen LogP contribution in [-0.4, -0.2) is 20.2 Å². The first-order chi connectivity index (χ1) is 9.81. The fourth-order valence-corrected chi connectivity index (χ4v) is 1.99. The lowest BCUT2D eigenvalue weighted by Crippen LogP contribution is -1.94. The number of nitrogens with zero attached hydrogens (tertiary/aromatic N) is 3. The molecule has 20 heavy (non-hydrogen) atoms. The first-order valence-electron chi connectivity index (χ1n) is 6.37. The van der Waals surface area contributed by atoms with Crippen molar-refractivity contribution in [3.05, 3.63) is 66.0 Å². The number of nitrogens with one attached hydrogen (secondary N) is 1. The van der Waals surface area contributed by atoms with Gasteiger partial charge in [-0.15, -0.1) is 0 Å². The molecule has 100 valence electrons. The summed E-state index contributed by atoms with van der Waals surface area (Å²) in [4.78, 5) is 8.46. The number of H-pyrrole nitrogens is 1. The van der Waals surface area contributed by atoms with Crippen molar-refractivity contribution in [2.24, 2.45) is 0 Å². The van der Waals surface area contributed by atoms with Crippen molar-refractivity contribution >= 4 is 0 Å². The van der Waals surface area contributed by atoms with Crippen molar-refractivity contribution in [2.45, 2.75) is 12.8 Å². The Morgan fingerprint density at radius 1 is 1.10 bits per heavy atom. The van der Waals surface area contributed by atoms with Crippen LogP contribution in [0.4, 0.5) is 4.39 Å². The van der Waals surface area contributed by atoms with Gasteiger partial charge < -0.3 is 0 Å². The van der Waals surface area contributed by atoms with Crippen molar-refractivity contribution in [2.75, 3.05) is 0 Å². The monoisotopic (exact) mass is 268 g/mol. The summed E-state index contributed by atoms with van der Waals surface area (Å²) in [6, 6.07) is 10.4. The van der Waals surface area contributed by atoms with Crippen LogP contribution in [0.2, 0.25) is 0 Å². The van der Waals surface area contributed by atoms with Crippen molar-refractivity contribution in [1.29, 1.82) is 0 Å². The maximum Gasteiger partial charge on any atom is 0.182 e. The molecule has 0 saturated carbocycles. The third kappa shape index (κ3) is 2.88. The highest BCUT2D eigenvalue weighted by molar-refractivity contribution is 5.52. The van der Waals surface area contributed by atoms with E-state index in [4.69, 9.17) is 0 Å². The maximum absolute atomic E-state index is 13.1. The molecule has 5 heteroatoms. The van der Waals surface area contributed by atoms with E-state index < -0.39 is 0 Å². The predicted molar refractivity (Wildman–Crippen MR) is 73.4 cm³/mol. The van der Waals surface area contributed by atoms with Gasteiger partial charge in [-0.25, -0.2) is 9.37 Å². The van der Waals surface area contributed by atoms with Crippen LogP contribution in [-0.2, 0) is 12.8 Å². The number of aromatic amines is 1. The maximum atomic E-state index is 13.1. The van der Waals surface area contributed by atoms with E-state index in [9.17, 15) is 4.39 Å². The Balaban J connectivity index is 1.69. The largest absolute Gasteiger partial charge is 0.264 e. The average Bonchev–Trinajstić information content (AvgIpc) is 2.95. The molecule has 0 unspecified atom stereocenters. The molecule has 2 heterocycles. The number of rotatable bonds is 4. The average molecular weight is 268 g/mol. The second-order valence-electron chi connectivity index (χ2n) is 4.48. The van der Waals surface area contributed by atoms with E-state index in [-0.39, 0.29) is 5.82 Å². The number of hydrogen-bond acceptors (Lipinski definition) is 3. The van der Waals surface area contributed by atoms with Gasteiger partial charge in [-0.05, 0) is 36.2 Å². The fourth-order valence-electron chi connectivity index (χ4n) is 1.99. The van der Waals surface area contributed by atoms with Gasteiger partial charge in [-0.3, -0.25) is 10.1 Å². The van der Waals surface area contributed by atoms with Crippen LogP contribution in [0.3, 0.4) is 0 Å². The van der Waals surface area contributed by atoms with E-state index in [1.807, 2.05) is 18.2 Å². The molecule has 0 saturated heterocycles. The minimum atomic E-state index is -0.212. The van der Waals surface area contributed by atoms with Crippen LogP contribution in [0.1, 0.15) is 11.4 Å². The van der Waals surface area contributed by atoms with Gasteiger partial charge in [0.25, 0.3) is 0 Å². The molecule has 0 amide bonds. The molecule has 0 aliphatic rings. The molecular weight excluding hydrogens is 255 g/mol. The summed E-state index contributed by atoms with van der Waals surface area (Å²) in [5.41, 5.74) is 1.82. The zero-order valence-electron chi connectivity index (χ0n) is 10.8. The summed E-state index contributed by atoms with van der Waals surface area (Å²) >= 11 is 0. The molecule has 0 aliphatic heterocycles. The summed E-state index contributed by atoms with van der Waals surface area (Å²) in [5.74, 6) is 1.21. The highest BCUT2D eigenvalue weighted by Gasteiger charge is 2.06. The van der Waals surface area contributed by atoms with Crippen LogP contribution in [0.15, 0.2) is 48.8 Å². The van der Waals surface area contributed by atoms with Crippen LogP contribution in [0.25, 0.3) is 11.4 Å². The topological polar surface area (TPSA) is 54.5 Å². The Hall–Kier alpha value is -2.56. The van der Waals surface area contributed by atoms with Gasteiger partial charge in [0.05, 0.1) is 0 Å². The van der Waals surface area contributed by atoms with Crippen LogP contribution in [0.5, 0.6) is 0 Å². The van der Waals surface area contributed by atoms with Crippen LogP contribution in [0, 0.1) is 5.82 Å². The molecule has 3 aromatic rings. The SMILES string of the molecule is Fc1cccc(CCc2nc(-c3cccnc3)n[nH]2)c1. The minimum Gasteiger partial charge on any atom is -0.264 e. The Morgan fingerprint density at radius 3 is 2.85 bits per heavy atom. The zero-order chi connectivity index (χ0) is 13.8. The Kier molecular flexibility index (Phi) is 3.50. The lowest BCUT2D eigenvalue weighted by Gasteiger charge is -1.98. The Morgan fingerprint density at radius 2 is 2.05 bits per heavy atom. The summed E-state index contributed by atoms with van der Waals surface area (Å²) in [6.45, 7) is 0. The molecule has 0 fully saturated rings. The summed E-state index contributed by atoms with van der Waals surface area (Å²) in [6.07, 6.45) is 4.84. The van der Waals surface area contributed by atoms with Crippen molar-refractivity contribution in [3.8, 4) is 11.4 Å². The van der Waals surface area contributed by atoms with Gasteiger partial charge in [0.2, 0.25) is 0 Å². The van der Waals surface area contributed by atoms with Crippen molar-refractivity contribution < 1.29 is 4.39 Å². The summed E-state index contributed by atoms with van der Waals surface area (Å²) < 4.78 is 13.1. The molecule has 3 rings (SSSR count). The highest BCUT2D eigenvalue weighted by atomic mass is 19.1. The standard InChI is InChI=1S/C15H13FN4/c16-13-5-1-3-11(9-13)6-7-14-18-15(20-19-14)12-4-2-8-17-10-12/h1-5,8-10H,6-7H2,(H,18,19,20). The molecule has 0 aliphatic carbocycles. The molecule has 0 atom stereocenters. The molecule has 1 aromatic carbocycles. The number of pyridine rings is 1. The molecule has 0 spiro atoms. The third-order valence-corrected chi connectivity index (χ3v) is 2.99. The normalized spacial score (nSPS) is 10.7. The number of aromatic nitrogens is 4. The second-order valence-corrected chi connectivity index (χ2v) is 4.48. The quantitative estimate of drug-likeness (QED) is 0.791. The highest BCUT2D eigenvalue weighted by Crippen LogP contribution is 2.13. The molecule has 4 nitrogen and oxygen atoms in total. The predicted octanol–water partition coefficient (Wildman–Crippen LogP) is 2.79. The smallest absolute Gasteiger partial charge is 0.182 e. The van der Waals surface area contributed by atoms with Crippen molar-refractivity contribution in [1.82, 2.24) is 20.2 Å². The Labute approximate surface area is 115 Å². The van der Waals surface area contributed by atoms with Gasteiger partial charge in [-0.1, -0.05) is 12.1 Å². The molecule has 2 aromatic heterocycles. The molecule has 0 radical (unpaired) electrons. The zero-order valence-corrected chi connectivity index (χ0v) is 10.8. The fraction of sp³-hybridized carbons (Fsp3) is 0.133. The van der Waals surface area contributed by atoms with Gasteiger partial charge in [0.1, 0.15) is 11.6 Å². The number of hydrogen-bond donors (Lipinski definition) is 1.